The van der Waals surface area contributed by atoms with Crippen LogP contribution >= 0.6 is 0 Å². The fourth-order valence-electron chi connectivity index (χ4n) is 1.56. The summed E-state index contributed by atoms with van der Waals surface area (Å²) in [5.74, 6) is 0.448. The van der Waals surface area contributed by atoms with Crippen LogP contribution in [0.2, 0.25) is 0 Å². The number of unbranched alkanes of at least 4 members (excludes halogenated alkanes) is 1. The molecule has 4 heteroatoms. The van der Waals surface area contributed by atoms with Crippen LogP contribution in [-0.4, -0.2) is 30.2 Å². The normalized spacial score (nSPS) is 10.9. The Hall–Kier alpha value is -1.29. The zero-order chi connectivity index (χ0) is 12.8. The van der Waals surface area contributed by atoms with E-state index in [-0.39, 0.29) is 5.43 Å². The molecule has 0 spiro atoms. The highest BCUT2D eigenvalue weighted by Gasteiger charge is 2.06. The topological polar surface area (TPSA) is 34.5 Å². The van der Waals surface area contributed by atoms with E-state index in [9.17, 15) is 4.79 Å². The number of aryl methyl sites for hydroxylation is 1. The average molecular weight is 238 g/mol. The van der Waals surface area contributed by atoms with Gasteiger partial charge in [0.25, 0.3) is 0 Å². The van der Waals surface area contributed by atoms with Gasteiger partial charge in [-0.3, -0.25) is 4.79 Å². The largest absolute Gasteiger partial charge is 0.488 e. The molecule has 0 unspecified atom stereocenters. The number of ether oxygens (including phenoxy) is 1. The van der Waals surface area contributed by atoms with Crippen molar-refractivity contribution in [3.8, 4) is 5.75 Å². The molecule has 0 aliphatic heterocycles. The number of nitrogens with zero attached hydrogens (tertiary/aromatic N) is 2. The van der Waals surface area contributed by atoms with E-state index in [1.165, 1.54) is 0 Å². The van der Waals surface area contributed by atoms with Crippen LogP contribution in [0.3, 0.4) is 0 Å². The van der Waals surface area contributed by atoms with Gasteiger partial charge in [-0.25, -0.2) is 0 Å². The van der Waals surface area contributed by atoms with E-state index in [4.69, 9.17) is 4.74 Å². The summed E-state index contributed by atoms with van der Waals surface area (Å²) in [6, 6.07) is 1.65. The summed E-state index contributed by atoms with van der Waals surface area (Å²) in [7, 11) is 5.90. The Morgan fingerprint density at radius 2 is 2.12 bits per heavy atom. The van der Waals surface area contributed by atoms with Crippen molar-refractivity contribution >= 4 is 0 Å². The average Bonchev–Trinajstić information content (AvgIpc) is 2.24. The lowest BCUT2D eigenvalue weighted by molar-refractivity contribution is 0.303. The van der Waals surface area contributed by atoms with E-state index in [0.717, 1.165) is 25.1 Å². The molecule has 0 amide bonds. The Morgan fingerprint density at radius 3 is 2.71 bits per heavy atom. The molecule has 0 aliphatic rings. The molecule has 0 atom stereocenters. The molecule has 0 radical (unpaired) electrons. The summed E-state index contributed by atoms with van der Waals surface area (Å²) in [4.78, 5) is 13.8. The van der Waals surface area contributed by atoms with Crippen molar-refractivity contribution in [1.29, 1.82) is 0 Å². The van der Waals surface area contributed by atoms with Gasteiger partial charge in [-0.2, -0.15) is 0 Å². The lowest BCUT2D eigenvalue weighted by Gasteiger charge is -2.15. The predicted molar refractivity (Wildman–Crippen MR) is 69.5 cm³/mol. The van der Waals surface area contributed by atoms with Gasteiger partial charge in [0.1, 0.15) is 0 Å². The van der Waals surface area contributed by atoms with E-state index < -0.39 is 0 Å². The monoisotopic (exact) mass is 238 g/mol. The highest BCUT2D eigenvalue weighted by atomic mass is 16.5. The minimum Gasteiger partial charge on any atom is -0.488 e. The Kier molecular flexibility index (Phi) is 5.22. The molecule has 1 rings (SSSR count). The predicted octanol–water partition coefficient (Wildman–Crippen LogP) is 1.63. The van der Waals surface area contributed by atoms with Crippen molar-refractivity contribution in [2.75, 3.05) is 20.7 Å². The maximum atomic E-state index is 11.8. The molecular weight excluding hydrogens is 216 g/mol. The second kappa shape index (κ2) is 6.45. The molecule has 0 N–H and O–H groups in total. The SMILES string of the molecule is CCCCOc1cn(C)c(CN(C)C)cc1=O. The van der Waals surface area contributed by atoms with Gasteiger partial charge in [0.2, 0.25) is 5.43 Å². The first-order valence-electron chi connectivity index (χ1n) is 6.01. The maximum Gasteiger partial charge on any atom is 0.223 e. The molecule has 0 saturated carbocycles. The number of hydrogen-bond donors (Lipinski definition) is 0. The fraction of sp³-hybridized carbons (Fsp3) is 0.615. The molecule has 0 fully saturated rings. The highest BCUT2D eigenvalue weighted by molar-refractivity contribution is 5.21. The smallest absolute Gasteiger partial charge is 0.223 e. The zero-order valence-electron chi connectivity index (χ0n) is 11.2. The summed E-state index contributed by atoms with van der Waals surface area (Å²) in [5.41, 5.74) is 0.957. The van der Waals surface area contributed by atoms with Crippen LogP contribution in [0.1, 0.15) is 25.5 Å². The summed E-state index contributed by atoms with van der Waals surface area (Å²) in [6.45, 7) is 3.46. The standard InChI is InChI=1S/C13H22N2O2/c1-5-6-7-17-13-10-15(4)11(8-12(13)16)9-14(2)3/h8,10H,5-7,9H2,1-4H3. The number of aromatic nitrogens is 1. The van der Waals surface area contributed by atoms with Gasteiger partial charge >= 0.3 is 0 Å². The molecular formula is C13H22N2O2. The molecule has 4 nitrogen and oxygen atoms in total. The van der Waals surface area contributed by atoms with Gasteiger partial charge in [0.05, 0.1) is 12.8 Å². The van der Waals surface area contributed by atoms with Gasteiger partial charge in [0.15, 0.2) is 5.75 Å². The first-order valence-corrected chi connectivity index (χ1v) is 6.01. The summed E-state index contributed by atoms with van der Waals surface area (Å²) < 4.78 is 7.42. The van der Waals surface area contributed by atoms with E-state index in [0.29, 0.717) is 12.4 Å². The quantitative estimate of drug-likeness (QED) is 0.706. The van der Waals surface area contributed by atoms with E-state index in [2.05, 4.69) is 6.92 Å². The van der Waals surface area contributed by atoms with Gasteiger partial charge in [-0.1, -0.05) is 13.3 Å². The van der Waals surface area contributed by atoms with Crippen LogP contribution in [0.5, 0.6) is 5.75 Å². The molecule has 0 bridgehead atoms. The Morgan fingerprint density at radius 1 is 1.41 bits per heavy atom. The third-order valence-corrected chi connectivity index (χ3v) is 2.54. The molecule has 96 valence electrons. The summed E-state index contributed by atoms with van der Waals surface area (Å²) >= 11 is 0. The molecule has 1 heterocycles. The third kappa shape index (κ3) is 4.23. The lowest BCUT2D eigenvalue weighted by atomic mass is 10.3. The van der Waals surface area contributed by atoms with Crippen LogP contribution in [0.4, 0.5) is 0 Å². The second-order valence-corrected chi connectivity index (χ2v) is 4.54. The zero-order valence-corrected chi connectivity index (χ0v) is 11.2. The minimum absolute atomic E-state index is 0.0314. The maximum absolute atomic E-state index is 11.8. The van der Waals surface area contributed by atoms with Gasteiger partial charge in [-0.15, -0.1) is 0 Å². The van der Waals surface area contributed by atoms with Crippen molar-refractivity contribution in [3.63, 3.8) is 0 Å². The second-order valence-electron chi connectivity index (χ2n) is 4.54. The molecule has 0 aromatic carbocycles. The van der Waals surface area contributed by atoms with Gasteiger partial charge in [-0.05, 0) is 20.5 Å². The number of hydrogen-bond acceptors (Lipinski definition) is 3. The molecule has 0 aliphatic carbocycles. The molecule has 1 aromatic rings. The van der Waals surface area contributed by atoms with Crippen molar-refractivity contribution < 1.29 is 4.74 Å². The summed E-state index contributed by atoms with van der Waals surface area (Å²) in [6.07, 6.45) is 3.82. The van der Waals surface area contributed by atoms with Gasteiger partial charge in [0, 0.05) is 25.4 Å². The first-order chi connectivity index (χ1) is 8.04. The van der Waals surface area contributed by atoms with E-state index in [1.807, 2.05) is 30.6 Å². The van der Waals surface area contributed by atoms with Crippen LogP contribution in [0, 0.1) is 0 Å². The molecule has 1 aromatic heterocycles. The highest BCUT2D eigenvalue weighted by Crippen LogP contribution is 2.07. The Labute approximate surface area is 103 Å². The van der Waals surface area contributed by atoms with Crippen LogP contribution < -0.4 is 10.2 Å². The minimum atomic E-state index is -0.0314. The molecule has 0 saturated heterocycles. The fourth-order valence-corrected chi connectivity index (χ4v) is 1.56. The van der Waals surface area contributed by atoms with E-state index >= 15 is 0 Å². The van der Waals surface area contributed by atoms with Crippen LogP contribution in [0.15, 0.2) is 17.1 Å². The Balaban J connectivity index is 2.82. The van der Waals surface area contributed by atoms with Crippen LogP contribution in [-0.2, 0) is 13.6 Å². The van der Waals surface area contributed by atoms with Crippen molar-refractivity contribution in [1.82, 2.24) is 9.47 Å². The third-order valence-electron chi connectivity index (χ3n) is 2.54. The van der Waals surface area contributed by atoms with Crippen molar-refractivity contribution in [3.05, 3.63) is 28.2 Å². The Bertz CT molecular complexity index is 410. The number of rotatable bonds is 6. The summed E-state index contributed by atoms with van der Waals surface area (Å²) in [5, 5.41) is 0. The van der Waals surface area contributed by atoms with Crippen molar-refractivity contribution in [2.45, 2.75) is 26.3 Å². The lowest BCUT2D eigenvalue weighted by Crippen LogP contribution is -2.19. The first kappa shape index (κ1) is 13.8. The van der Waals surface area contributed by atoms with Crippen molar-refractivity contribution in [2.24, 2.45) is 7.05 Å². The number of pyridine rings is 1. The molecule has 17 heavy (non-hydrogen) atoms. The van der Waals surface area contributed by atoms with Gasteiger partial charge < -0.3 is 14.2 Å². The van der Waals surface area contributed by atoms with Crippen LogP contribution in [0.25, 0.3) is 0 Å². The van der Waals surface area contributed by atoms with E-state index in [1.54, 1.807) is 12.3 Å².